The summed E-state index contributed by atoms with van der Waals surface area (Å²) in [5.41, 5.74) is 2.63. The molecule has 3 aliphatic rings. The van der Waals surface area contributed by atoms with Gasteiger partial charge in [0.05, 0.1) is 23.5 Å². The van der Waals surface area contributed by atoms with E-state index in [1.165, 1.54) is 0 Å². The molecule has 1 N–H and O–H groups in total. The van der Waals surface area contributed by atoms with Crippen LogP contribution in [0.1, 0.15) is 25.0 Å². The summed E-state index contributed by atoms with van der Waals surface area (Å²) >= 11 is 0. The Balaban J connectivity index is 1.17. The first-order chi connectivity index (χ1) is 23.8. The van der Waals surface area contributed by atoms with Gasteiger partial charge in [0.2, 0.25) is 0 Å². The highest BCUT2D eigenvalue weighted by molar-refractivity contribution is 6.03. The average molecular weight is 690 g/mol. The molecule has 0 unspecified atom stereocenters. The molecule has 6 amide bonds. The molecule has 0 radical (unpaired) electrons. The zero-order valence-electron chi connectivity index (χ0n) is 30.4. The Morgan fingerprint density at radius 3 is 2.06 bits per heavy atom. The fourth-order valence-corrected chi connectivity index (χ4v) is 6.49. The molecule has 13 heteroatoms. The number of nitrogens with one attached hydrogen (secondary N) is 1. The zero-order chi connectivity index (χ0) is 36.0. The van der Waals surface area contributed by atoms with Gasteiger partial charge < -0.3 is 29.8 Å². The molecule has 0 bridgehead atoms. The summed E-state index contributed by atoms with van der Waals surface area (Å²) in [5.74, 6) is -0.373. The van der Waals surface area contributed by atoms with Crippen molar-refractivity contribution in [3.63, 3.8) is 0 Å². The number of nitrogens with zero attached hydrogens (tertiary/aromatic N) is 8. The van der Waals surface area contributed by atoms with Gasteiger partial charge in [-0.25, -0.2) is 23.8 Å². The van der Waals surface area contributed by atoms with E-state index in [1.54, 1.807) is 55.0 Å². The minimum atomic E-state index is -0.576. The second-order valence-corrected chi connectivity index (χ2v) is 14.3. The maximum absolute atomic E-state index is 15.7. The van der Waals surface area contributed by atoms with E-state index in [2.05, 4.69) is 26.2 Å². The van der Waals surface area contributed by atoms with E-state index in [1.807, 2.05) is 60.1 Å². The van der Waals surface area contributed by atoms with Crippen molar-refractivity contribution >= 4 is 35.2 Å². The molecule has 2 saturated heterocycles. The number of piperazine rings is 2. The second kappa shape index (κ2) is 16.0. The quantitative estimate of drug-likeness (QED) is 0.465. The molecule has 0 aliphatic carbocycles. The van der Waals surface area contributed by atoms with E-state index in [9.17, 15) is 14.4 Å². The van der Waals surface area contributed by atoms with Crippen LogP contribution in [0.15, 0.2) is 59.6 Å². The van der Waals surface area contributed by atoms with Crippen LogP contribution in [0.5, 0.6) is 0 Å². The highest BCUT2D eigenvalue weighted by Gasteiger charge is 2.33. The maximum atomic E-state index is 15.7. The molecule has 12 nitrogen and oxygen atoms in total. The Bertz CT molecular complexity index is 1590. The first-order valence-electron chi connectivity index (χ1n) is 17.4. The molecule has 270 valence electrons. The molecule has 0 spiro atoms. The number of aliphatic imine (C=N–C) groups is 1. The van der Waals surface area contributed by atoms with Crippen LogP contribution in [-0.2, 0) is 13.0 Å². The molecule has 50 heavy (non-hydrogen) atoms. The summed E-state index contributed by atoms with van der Waals surface area (Å²) in [6.45, 7) is 11.1. The summed E-state index contributed by atoms with van der Waals surface area (Å²) in [6, 6.07) is 12.9. The van der Waals surface area contributed by atoms with Crippen LogP contribution in [0.4, 0.5) is 30.1 Å². The zero-order valence-corrected chi connectivity index (χ0v) is 30.4. The monoisotopic (exact) mass is 689 g/mol. The number of carbonyl (C=O) groups excluding carboxylic acids is 3. The highest BCUT2D eigenvalue weighted by Crippen LogP contribution is 2.27. The van der Waals surface area contributed by atoms with Gasteiger partial charge in [0, 0.05) is 105 Å². The van der Waals surface area contributed by atoms with Crippen LogP contribution in [0.2, 0.25) is 0 Å². The molecule has 3 aliphatic heterocycles. The Morgan fingerprint density at radius 2 is 1.44 bits per heavy atom. The Morgan fingerprint density at radius 1 is 0.840 bits per heavy atom. The van der Waals surface area contributed by atoms with Crippen molar-refractivity contribution in [2.24, 2.45) is 4.99 Å². The lowest BCUT2D eigenvalue weighted by Gasteiger charge is -2.39. The molecule has 3 heterocycles. The van der Waals surface area contributed by atoms with Crippen LogP contribution >= 0.6 is 0 Å². The third kappa shape index (κ3) is 9.19. The summed E-state index contributed by atoms with van der Waals surface area (Å²) in [5, 5.41) is 3.07. The standard InChI is InChI=1S/C37H52FN9O3/c1-37(2)15-13-31(39-32-12-8-10-29(33(32)38)26-44-19-23-46(24-20-44)36(50)42(5)6)27-47(37)34(48)40-30-11-7-9-28(25-30)14-16-43-17-21-45(22-18-43)35(49)41(3)4/h7-13,15,25H,14,16-24,26-27H2,1-6H3,(H,40,48). The van der Waals surface area contributed by atoms with E-state index >= 15 is 4.39 Å². The van der Waals surface area contributed by atoms with E-state index in [0.29, 0.717) is 49.7 Å². The van der Waals surface area contributed by atoms with Gasteiger partial charge in [-0.1, -0.05) is 30.3 Å². The lowest BCUT2D eigenvalue weighted by atomic mass is 9.97. The van der Waals surface area contributed by atoms with Crippen LogP contribution in [0.25, 0.3) is 0 Å². The number of urea groups is 3. The number of hydrogen-bond donors (Lipinski definition) is 1. The van der Waals surface area contributed by atoms with E-state index < -0.39 is 5.54 Å². The SMILES string of the molecule is CN(C)C(=O)N1CCN(CCc2cccc(NC(=O)N3CC(=Nc4cccc(CN5CCN(C(=O)N(C)C)CC5)c4F)C=CC3(C)C)c2)CC1. The molecule has 0 atom stereocenters. The van der Waals surface area contributed by atoms with Gasteiger partial charge in [-0.2, -0.15) is 0 Å². The first kappa shape index (κ1) is 36.8. The van der Waals surface area contributed by atoms with Crippen LogP contribution in [0, 0.1) is 5.82 Å². The fourth-order valence-electron chi connectivity index (χ4n) is 6.49. The first-order valence-corrected chi connectivity index (χ1v) is 17.4. The van der Waals surface area contributed by atoms with Gasteiger partial charge in [-0.05, 0) is 50.1 Å². The number of rotatable bonds is 7. The molecule has 0 aromatic heterocycles. The van der Waals surface area contributed by atoms with E-state index in [4.69, 9.17) is 0 Å². The van der Waals surface area contributed by atoms with Crippen LogP contribution in [-0.4, -0.2) is 157 Å². The third-order valence-corrected chi connectivity index (χ3v) is 9.61. The predicted molar refractivity (Wildman–Crippen MR) is 196 cm³/mol. The van der Waals surface area contributed by atoms with Gasteiger partial charge in [0.15, 0.2) is 5.82 Å². The van der Waals surface area contributed by atoms with Crippen molar-refractivity contribution in [2.45, 2.75) is 32.4 Å². The molecule has 2 fully saturated rings. The van der Waals surface area contributed by atoms with Crippen LogP contribution in [0.3, 0.4) is 0 Å². The smallest absolute Gasteiger partial charge is 0.322 e. The molecular weight excluding hydrogens is 637 g/mol. The maximum Gasteiger partial charge on any atom is 0.322 e. The third-order valence-electron chi connectivity index (χ3n) is 9.61. The summed E-state index contributed by atoms with van der Waals surface area (Å²) in [6.07, 6.45) is 4.62. The van der Waals surface area contributed by atoms with Crippen molar-refractivity contribution in [3.05, 3.63) is 71.6 Å². The molecule has 2 aromatic carbocycles. The number of carbonyl (C=O) groups is 3. The molecule has 5 rings (SSSR count). The molecular formula is C37H52FN9O3. The van der Waals surface area contributed by atoms with E-state index in [0.717, 1.165) is 44.7 Å². The van der Waals surface area contributed by atoms with Crippen LogP contribution < -0.4 is 5.32 Å². The molecule has 2 aromatic rings. The summed E-state index contributed by atoms with van der Waals surface area (Å²) in [7, 11) is 7.05. The topological polar surface area (TPSA) is 98.3 Å². The van der Waals surface area contributed by atoms with E-state index in [-0.39, 0.29) is 36.1 Å². The molecule has 0 saturated carbocycles. The normalized spacial score (nSPS) is 19.1. The summed E-state index contributed by atoms with van der Waals surface area (Å²) in [4.78, 5) is 56.0. The minimum Gasteiger partial charge on any atom is -0.331 e. The van der Waals surface area contributed by atoms with Crippen molar-refractivity contribution in [1.29, 1.82) is 0 Å². The lowest BCUT2D eigenvalue weighted by molar-refractivity contribution is 0.119. The second-order valence-electron chi connectivity index (χ2n) is 14.3. The highest BCUT2D eigenvalue weighted by atomic mass is 19.1. The van der Waals surface area contributed by atoms with Gasteiger partial charge in [-0.3, -0.25) is 9.80 Å². The lowest BCUT2D eigenvalue weighted by Crippen LogP contribution is -2.52. The average Bonchev–Trinajstić information content (AvgIpc) is 3.09. The number of anilines is 1. The number of benzene rings is 2. The minimum absolute atomic E-state index is 0.00846. The van der Waals surface area contributed by atoms with Gasteiger partial charge >= 0.3 is 18.1 Å². The Kier molecular flexibility index (Phi) is 11.8. The van der Waals surface area contributed by atoms with Gasteiger partial charge in [0.25, 0.3) is 0 Å². The van der Waals surface area contributed by atoms with Crippen molar-refractivity contribution in [3.8, 4) is 0 Å². The Hall–Kier alpha value is -4.49. The summed E-state index contributed by atoms with van der Waals surface area (Å²) < 4.78 is 15.7. The van der Waals surface area contributed by atoms with Gasteiger partial charge in [-0.15, -0.1) is 0 Å². The number of halogens is 1. The van der Waals surface area contributed by atoms with Crippen molar-refractivity contribution < 1.29 is 18.8 Å². The van der Waals surface area contributed by atoms with Crippen molar-refractivity contribution in [1.82, 2.24) is 34.3 Å². The Labute approximate surface area is 295 Å². The number of amides is 6. The van der Waals surface area contributed by atoms with Crippen molar-refractivity contribution in [2.75, 3.05) is 99.0 Å². The largest absolute Gasteiger partial charge is 0.331 e. The van der Waals surface area contributed by atoms with Gasteiger partial charge in [0.1, 0.15) is 0 Å². The fraction of sp³-hybridized carbons (Fsp3) is 0.514. The predicted octanol–water partition coefficient (Wildman–Crippen LogP) is 4.42. The number of hydrogen-bond acceptors (Lipinski definition) is 6.